The van der Waals surface area contributed by atoms with Crippen LogP contribution in [0.4, 0.5) is 0 Å². The molecule has 3 rings (SSSR count). The molecule has 0 saturated carbocycles. The summed E-state index contributed by atoms with van der Waals surface area (Å²) in [5, 5.41) is 0.857. The zero-order valence-electron chi connectivity index (χ0n) is 13.2. The molecule has 0 bridgehead atoms. The highest BCUT2D eigenvalue weighted by Gasteiger charge is 2.23. The van der Waals surface area contributed by atoms with Crippen LogP contribution in [0.3, 0.4) is 0 Å². The second-order valence-electron chi connectivity index (χ2n) is 5.62. The van der Waals surface area contributed by atoms with Crippen LogP contribution in [0.25, 0.3) is 11.0 Å². The van der Waals surface area contributed by atoms with Gasteiger partial charge in [0.2, 0.25) is 0 Å². The number of hydrogen-bond acceptors (Lipinski definition) is 5. The van der Waals surface area contributed by atoms with Crippen molar-refractivity contribution in [2.45, 2.75) is 11.8 Å². The van der Waals surface area contributed by atoms with Crippen molar-refractivity contribution in [3.05, 3.63) is 75.1 Å². The highest BCUT2D eigenvalue weighted by atomic mass is 35.5. The fraction of sp³-hybridized carbons (Fsp3) is 0.111. The molecule has 0 unspecified atom stereocenters. The summed E-state index contributed by atoms with van der Waals surface area (Å²) in [5.74, 6) is -1.64. The van der Waals surface area contributed by atoms with Gasteiger partial charge in [-0.2, -0.15) is 0 Å². The Bertz CT molecular complexity index is 1130. The van der Waals surface area contributed by atoms with Gasteiger partial charge in [0.25, 0.3) is 0 Å². The maximum absolute atomic E-state index is 12.4. The molecule has 0 N–H and O–H groups in total. The number of carbonyl (C=O) groups is 1. The highest BCUT2D eigenvalue weighted by molar-refractivity contribution is 7.92. The average Bonchev–Trinajstić information content (AvgIpc) is 2.54. The van der Waals surface area contributed by atoms with Crippen molar-refractivity contribution >= 4 is 38.2 Å². The third-order valence-corrected chi connectivity index (χ3v) is 5.56. The molecule has 0 aliphatic heterocycles. The van der Waals surface area contributed by atoms with Crippen LogP contribution in [0.1, 0.15) is 15.9 Å². The highest BCUT2D eigenvalue weighted by Crippen LogP contribution is 2.20. The Labute approximate surface area is 148 Å². The van der Waals surface area contributed by atoms with Crippen LogP contribution in [0, 0.1) is 6.92 Å². The van der Waals surface area contributed by atoms with Gasteiger partial charge in [0.1, 0.15) is 16.9 Å². The van der Waals surface area contributed by atoms with Gasteiger partial charge in [-0.05, 0) is 43.3 Å². The Morgan fingerprint density at radius 2 is 1.76 bits per heavy atom. The molecule has 0 saturated heterocycles. The normalized spacial score (nSPS) is 11.6. The number of aryl methyl sites for hydroxylation is 1. The largest absolute Gasteiger partial charge is 0.422 e. The quantitative estimate of drug-likeness (QED) is 0.514. The van der Waals surface area contributed by atoms with Crippen molar-refractivity contribution in [2.24, 2.45) is 0 Å². The van der Waals surface area contributed by atoms with Crippen molar-refractivity contribution in [3.63, 3.8) is 0 Å². The van der Waals surface area contributed by atoms with E-state index in [-0.39, 0.29) is 16.0 Å². The third kappa shape index (κ3) is 3.65. The molecule has 0 aliphatic carbocycles. The fourth-order valence-corrected chi connectivity index (χ4v) is 3.77. The van der Waals surface area contributed by atoms with E-state index in [1.165, 1.54) is 30.3 Å². The number of ketones is 1. The van der Waals surface area contributed by atoms with E-state index in [1.807, 2.05) is 6.92 Å². The number of carbonyl (C=O) groups excluding carboxylic acids is 1. The number of sulfone groups is 1. The molecule has 7 heteroatoms. The van der Waals surface area contributed by atoms with Crippen molar-refractivity contribution in [2.75, 3.05) is 5.75 Å². The first kappa shape index (κ1) is 17.4. The molecule has 2 aromatic carbocycles. The predicted octanol–water partition coefficient (Wildman–Crippen LogP) is 3.41. The van der Waals surface area contributed by atoms with Gasteiger partial charge in [0.05, 0.1) is 4.90 Å². The van der Waals surface area contributed by atoms with E-state index in [0.717, 1.165) is 5.56 Å². The monoisotopic (exact) mass is 376 g/mol. The maximum atomic E-state index is 12.4. The molecule has 25 heavy (non-hydrogen) atoms. The van der Waals surface area contributed by atoms with Gasteiger partial charge in [-0.1, -0.05) is 29.3 Å². The lowest BCUT2D eigenvalue weighted by Crippen LogP contribution is -2.22. The van der Waals surface area contributed by atoms with Gasteiger partial charge in [-0.3, -0.25) is 4.79 Å². The van der Waals surface area contributed by atoms with E-state index >= 15 is 0 Å². The third-order valence-electron chi connectivity index (χ3n) is 3.70. The topological polar surface area (TPSA) is 81.4 Å². The van der Waals surface area contributed by atoms with Crippen LogP contribution in [0.5, 0.6) is 0 Å². The molecule has 0 amide bonds. The van der Waals surface area contributed by atoms with Gasteiger partial charge in [0.15, 0.2) is 15.6 Å². The molecule has 1 aromatic heterocycles. The first-order valence-corrected chi connectivity index (χ1v) is 9.35. The Kier molecular flexibility index (Phi) is 4.49. The Morgan fingerprint density at radius 1 is 1.08 bits per heavy atom. The second-order valence-corrected chi connectivity index (χ2v) is 8.05. The summed E-state index contributed by atoms with van der Waals surface area (Å²) in [4.78, 5) is 24.4. The molecule has 0 atom stereocenters. The maximum Gasteiger partial charge on any atom is 0.347 e. The number of fused-ring (bicyclic) bond motifs is 1. The van der Waals surface area contributed by atoms with Gasteiger partial charge >= 0.3 is 5.63 Å². The van der Waals surface area contributed by atoms with Gasteiger partial charge < -0.3 is 4.42 Å². The number of hydrogen-bond donors (Lipinski definition) is 0. The Hall–Kier alpha value is -2.44. The molecule has 0 aliphatic rings. The predicted molar refractivity (Wildman–Crippen MR) is 95.1 cm³/mol. The number of benzene rings is 2. The van der Waals surface area contributed by atoms with Gasteiger partial charge in [-0.25, -0.2) is 13.2 Å². The number of Topliss-reactive ketones (excluding diaryl/α,β-unsaturated/α-hetero) is 1. The smallest absolute Gasteiger partial charge is 0.347 e. The van der Waals surface area contributed by atoms with E-state index < -0.39 is 27.0 Å². The first-order valence-electron chi connectivity index (χ1n) is 7.32. The van der Waals surface area contributed by atoms with Crippen LogP contribution in [-0.4, -0.2) is 20.0 Å². The molecular weight excluding hydrogens is 364 g/mol. The molecule has 1 heterocycles. The van der Waals surface area contributed by atoms with Crippen molar-refractivity contribution in [3.8, 4) is 0 Å². The van der Waals surface area contributed by atoms with Crippen molar-refractivity contribution < 1.29 is 17.6 Å². The van der Waals surface area contributed by atoms with Crippen LogP contribution >= 0.6 is 11.6 Å². The standard InChI is InChI=1S/C18H13ClO5S/c1-11-2-5-14(6-3-11)25(22,23)10-16(20)15-9-12-8-13(19)4-7-17(12)24-18(15)21/h2-9H,10H2,1H3. The lowest BCUT2D eigenvalue weighted by molar-refractivity contribution is 0.101. The molecule has 0 fully saturated rings. The molecule has 0 spiro atoms. The minimum absolute atomic E-state index is 0.0275. The second kappa shape index (κ2) is 6.46. The molecule has 0 radical (unpaired) electrons. The van der Waals surface area contributed by atoms with Crippen molar-refractivity contribution in [1.29, 1.82) is 0 Å². The molecule has 128 valence electrons. The van der Waals surface area contributed by atoms with E-state index in [1.54, 1.807) is 18.2 Å². The van der Waals surface area contributed by atoms with E-state index in [9.17, 15) is 18.0 Å². The summed E-state index contributed by atoms with van der Waals surface area (Å²) in [7, 11) is -3.86. The summed E-state index contributed by atoms with van der Waals surface area (Å²) in [5.41, 5.74) is -0.0194. The Morgan fingerprint density at radius 3 is 2.44 bits per heavy atom. The van der Waals surface area contributed by atoms with Crippen molar-refractivity contribution in [1.82, 2.24) is 0 Å². The van der Waals surface area contributed by atoms with E-state index in [2.05, 4.69) is 0 Å². The summed E-state index contributed by atoms with van der Waals surface area (Å²) in [6, 6.07) is 12.0. The zero-order chi connectivity index (χ0) is 18.2. The number of halogens is 1. The molecule has 3 aromatic rings. The lowest BCUT2D eigenvalue weighted by Gasteiger charge is -2.05. The first-order chi connectivity index (χ1) is 11.8. The SMILES string of the molecule is Cc1ccc(S(=O)(=O)CC(=O)c2cc3cc(Cl)ccc3oc2=O)cc1. The summed E-state index contributed by atoms with van der Waals surface area (Å²) in [6.07, 6.45) is 0. The molecule has 5 nitrogen and oxygen atoms in total. The molecular formula is C18H13ClO5S. The van der Waals surface area contributed by atoms with E-state index in [4.69, 9.17) is 16.0 Å². The van der Waals surface area contributed by atoms with Crippen LogP contribution in [0.15, 0.2) is 62.6 Å². The van der Waals surface area contributed by atoms with E-state index in [0.29, 0.717) is 10.4 Å². The van der Waals surface area contributed by atoms with Crippen LogP contribution in [-0.2, 0) is 9.84 Å². The zero-order valence-corrected chi connectivity index (χ0v) is 14.7. The van der Waals surface area contributed by atoms with Crippen LogP contribution < -0.4 is 5.63 Å². The van der Waals surface area contributed by atoms with Gasteiger partial charge in [0, 0.05) is 10.4 Å². The minimum atomic E-state index is -3.86. The number of rotatable bonds is 4. The Balaban J connectivity index is 1.98. The lowest BCUT2D eigenvalue weighted by atomic mass is 10.1. The van der Waals surface area contributed by atoms with Crippen LogP contribution in [0.2, 0.25) is 5.02 Å². The average molecular weight is 377 g/mol. The summed E-state index contributed by atoms with van der Waals surface area (Å²) >= 11 is 5.89. The summed E-state index contributed by atoms with van der Waals surface area (Å²) < 4.78 is 29.8. The fourth-order valence-electron chi connectivity index (χ4n) is 2.37. The van der Waals surface area contributed by atoms with Gasteiger partial charge in [-0.15, -0.1) is 0 Å². The minimum Gasteiger partial charge on any atom is -0.422 e. The summed E-state index contributed by atoms with van der Waals surface area (Å²) in [6.45, 7) is 1.83.